The molecular formula is C9H18N2. The van der Waals surface area contributed by atoms with E-state index in [9.17, 15) is 0 Å². The van der Waals surface area contributed by atoms with Crippen LogP contribution in [0.5, 0.6) is 0 Å². The molecule has 0 amide bonds. The maximum Gasteiger partial charge on any atom is 0.0853 e. The lowest BCUT2D eigenvalue weighted by Crippen LogP contribution is -2.25. The molecular weight excluding hydrogens is 136 g/mol. The Balaban J connectivity index is 2.51. The Labute approximate surface area is 69.3 Å². The summed E-state index contributed by atoms with van der Waals surface area (Å²) in [5.41, 5.74) is 0. The third-order valence-corrected chi connectivity index (χ3v) is 2.54. The van der Waals surface area contributed by atoms with Crippen LogP contribution in [-0.2, 0) is 0 Å². The van der Waals surface area contributed by atoms with Crippen LogP contribution in [0, 0.1) is 0 Å². The molecule has 1 aliphatic heterocycles. The van der Waals surface area contributed by atoms with Crippen molar-refractivity contribution in [3.05, 3.63) is 0 Å². The van der Waals surface area contributed by atoms with Gasteiger partial charge in [-0.1, -0.05) is 6.92 Å². The molecule has 0 fully saturated rings. The lowest BCUT2D eigenvalue weighted by molar-refractivity contribution is 0.376. The van der Waals surface area contributed by atoms with Crippen molar-refractivity contribution in [2.24, 2.45) is 4.99 Å². The second kappa shape index (κ2) is 3.74. The first kappa shape index (κ1) is 8.57. The molecule has 0 bridgehead atoms. The van der Waals surface area contributed by atoms with Gasteiger partial charge < -0.3 is 4.90 Å². The molecule has 0 aromatic heterocycles. The molecule has 0 aliphatic carbocycles. The SMILES string of the molecule is CC[C@H]1CCC(C)N(C)C=N1. The highest BCUT2D eigenvalue weighted by atomic mass is 15.2. The van der Waals surface area contributed by atoms with Crippen molar-refractivity contribution in [1.82, 2.24) is 4.90 Å². The molecule has 0 saturated heterocycles. The highest BCUT2D eigenvalue weighted by molar-refractivity contribution is 5.55. The molecule has 2 nitrogen and oxygen atoms in total. The molecule has 2 heteroatoms. The van der Waals surface area contributed by atoms with Gasteiger partial charge in [0.2, 0.25) is 0 Å². The Bertz CT molecular complexity index is 142. The number of rotatable bonds is 1. The Morgan fingerprint density at radius 1 is 1.55 bits per heavy atom. The van der Waals surface area contributed by atoms with Crippen molar-refractivity contribution < 1.29 is 0 Å². The zero-order valence-electron chi connectivity index (χ0n) is 7.75. The van der Waals surface area contributed by atoms with Gasteiger partial charge in [-0.2, -0.15) is 0 Å². The zero-order chi connectivity index (χ0) is 8.27. The molecule has 1 unspecified atom stereocenters. The van der Waals surface area contributed by atoms with Gasteiger partial charge in [-0.25, -0.2) is 0 Å². The average Bonchev–Trinajstić information content (AvgIpc) is 2.16. The summed E-state index contributed by atoms with van der Waals surface area (Å²) in [7, 11) is 2.10. The van der Waals surface area contributed by atoms with Gasteiger partial charge in [0.1, 0.15) is 0 Å². The molecule has 1 rings (SSSR count). The fourth-order valence-electron chi connectivity index (χ4n) is 1.33. The van der Waals surface area contributed by atoms with E-state index in [1.54, 1.807) is 0 Å². The summed E-state index contributed by atoms with van der Waals surface area (Å²) in [6.45, 7) is 4.46. The van der Waals surface area contributed by atoms with Gasteiger partial charge >= 0.3 is 0 Å². The van der Waals surface area contributed by atoms with Crippen LogP contribution >= 0.6 is 0 Å². The number of hydrogen-bond acceptors (Lipinski definition) is 2. The Morgan fingerprint density at radius 2 is 2.27 bits per heavy atom. The maximum atomic E-state index is 4.47. The summed E-state index contributed by atoms with van der Waals surface area (Å²) in [5.74, 6) is 0. The van der Waals surface area contributed by atoms with E-state index in [-0.39, 0.29) is 0 Å². The summed E-state index contributed by atoms with van der Waals surface area (Å²) in [6, 6.07) is 1.23. The number of hydrogen-bond donors (Lipinski definition) is 0. The fraction of sp³-hybridized carbons (Fsp3) is 0.889. The van der Waals surface area contributed by atoms with Crippen molar-refractivity contribution in [2.75, 3.05) is 7.05 Å². The highest BCUT2D eigenvalue weighted by Gasteiger charge is 2.13. The first-order valence-corrected chi connectivity index (χ1v) is 4.49. The summed E-state index contributed by atoms with van der Waals surface area (Å²) < 4.78 is 0. The molecule has 64 valence electrons. The van der Waals surface area contributed by atoms with Crippen LogP contribution < -0.4 is 0 Å². The van der Waals surface area contributed by atoms with E-state index in [0.29, 0.717) is 12.1 Å². The van der Waals surface area contributed by atoms with E-state index in [1.807, 2.05) is 6.34 Å². The minimum Gasteiger partial charge on any atom is -0.363 e. The molecule has 0 N–H and O–H groups in total. The second-order valence-electron chi connectivity index (χ2n) is 3.42. The lowest BCUT2D eigenvalue weighted by atomic mass is 10.1. The average molecular weight is 154 g/mol. The van der Waals surface area contributed by atoms with Crippen LogP contribution in [0.4, 0.5) is 0 Å². The number of aliphatic imine (C=N–C) groups is 1. The first-order valence-electron chi connectivity index (χ1n) is 4.49. The van der Waals surface area contributed by atoms with Crippen molar-refractivity contribution in [2.45, 2.75) is 45.2 Å². The monoisotopic (exact) mass is 154 g/mol. The molecule has 2 atom stereocenters. The standard InChI is InChI=1S/C9H18N2/c1-4-9-6-5-8(2)11(3)7-10-9/h7-9H,4-6H2,1-3H3/t8?,9-/m0/s1. The Morgan fingerprint density at radius 3 is 2.91 bits per heavy atom. The van der Waals surface area contributed by atoms with Gasteiger partial charge in [0.05, 0.1) is 12.4 Å². The van der Waals surface area contributed by atoms with Crippen LogP contribution in [0.25, 0.3) is 0 Å². The van der Waals surface area contributed by atoms with Gasteiger partial charge in [-0.3, -0.25) is 4.99 Å². The van der Waals surface area contributed by atoms with Gasteiger partial charge in [0.25, 0.3) is 0 Å². The number of nitrogens with zero attached hydrogens (tertiary/aromatic N) is 2. The summed E-state index contributed by atoms with van der Waals surface area (Å²) >= 11 is 0. The molecule has 0 spiro atoms. The van der Waals surface area contributed by atoms with Crippen LogP contribution in [0.1, 0.15) is 33.1 Å². The fourth-order valence-corrected chi connectivity index (χ4v) is 1.33. The van der Waals surface area contributed by atoms with Gasteiger partial charge in [0.15, 0.2) is 0 Å². The molecule has 0 aromatic carbocycles. The first-order chi connectivity index (χ1) is 5.24. The third kappa shape index (κ3) is 2.21. The van der Waals surface area contributed by atoms with Gasteiger partial charge in [0, 0.05) is 13.1 Å². The van der Waals surface area contributed by atoms with Gasteiger partial charge in [-0.15, -0.1) is 0 Å². The Kier molecular flexibility index (Phi) is 2.92. The van der Waals surface area contributed by atoms with Crippen LogP contribution in [-0.4, -0.2) is 30.4 Å². The normalized spacial score (nSPS) is 32.1. The molecule has 1 aliphatic rings. The van der Waals surface area contributed by atoms with E-state index in [4.69, 9.17) is 0 Å². The van der Waals surface area contributed by atoms with Crippen molar-refractivity contribution in [3.8, 4) is 0 Å². The predicted molar refractivity (Wildman–Crippen MR) is 49.0 cm³/mol. The molecule has 1 heterocycles. The van der Waals surface area contributed by atoms with Crippen LogP contribution in [0.2, 0.25) is 0 Å². The summed E-state index contributed by atoms with van der Waals surface area (Å²) in [6.07, 6.45) is 5.69. The van der Waals surface area contributed by atoms with E-state index in [2.05, 4.69) is 30.8 Å². The van der Waals surface area contributed by atoms with Crippen molar-refractivity contribution in [1.29, 1.82) is 0 Å². The highest BCUT2D eigenvalue weighted by Crippen LogP contribution is 2.14. The van der Waals surface area contributed by atoms with Crippen LogP contribution in [0.15, 0.2) is 4.99 Å². The summed E-state index contributed by atoms with van der Waals surface area (Å²) in [5, 5.41) is 0. The van der Waals surface area contributed by atoms with Gasteiger partial charge in [-0.05, 0) is 26.2 Å². The third-order valence-electron chi connectivity index (χ3n) is 2.54. The van der Waals surface area contributed by atoms with Crippen molar-refractivity contribution >= 4 is 6.34 Å². The van der Waals surface area contributed by atoms with E-state index in [1.165, 1.54) is 19.3 Å². The molecule has 11 heavy (non-hydrogen) atoms. The topological polar surface area (TPSA) is 15.6 Å². The van der Waals surface area contributed by atoms with E-state index >= 15 is 0 Å². The minimum absolute atomic E-state index is 0.572. The van der Waals surface area contributed by atoms with E-state index in [0.717, 1.165) is 0 Å². The predicted octanol–water partition coefficient (Wildman–Crippen LogP) is 1.91. The van der Waals surface area contributed by atoms with Crippen LogP contribution in [0.3, 0.4) is 0 Å². The maximum absolute atomic E-state index is 4.47. The summed E-state index contributed by atoms with van der Waals surface area (Å²) in [4.78, 5) is 6.68. The molecule has 0 saturated carbocycles. The van der Waals surface area contributed by atoms with E-state index < -0.39 is 0 Å². The minimum atomic E-state index is 0.572. The lowest BCUT2D eigenvalue weighted by Gasteiger charge is -2.19. The van der Waals surface area contributed by atoms with Crippen molar-refractivity contribution in [3.63, 3.8) is 0 Å². The largest absolute Gasteiger partial charge is 0.363 e. The zero-order valence-corrected chi connectivity index (χ0v) is 7.75. The molecule has 0 aromatic rings. The Hall–Kier alpha value is -0.530. The second-order valence-corrected chi connectivity index (χ2v) is 3.42. The molecule has 0 radical (unpaired) electrons. The smallest absolute Gasteiger partial charge is 0.0853 e. The quantitative estimate of drug-likeness (QED) is 0.563.